The zero-order valence-electron chi connectivity index (χ0n) is 12.2. The fourth-order valence-corrected chi connectivity index (χ4v) is 2.82. The molecule has 100 valence electrons. The van der Waals surface area contributed by atoms with Gasteiger partial charge in [0.25, 0.3) is 0 Å². The summed E-state index contributed by atoms with van der Waals surface area (Å²) < 4.78 is 0. The Morgan fingerprint density at radius 1 is 1.33 bits per heavy atom. The first kappa shape index (κ1) is 13.4. The van der Waals surface area contributed by atoms with Crippen molar-refractivity contribution in [2.45, 2.75) is 46.1 Å². The minimum absolute atomic E-state index is 0.244. The lowest BCUT2D eigenvalue weighted by Crippen LogP contribution is -2.48. The van der Waals surface area contributed by atoms with Gasteiger partial charge in [0.1, 0.15) is 0 Å². The summed E-state index contributed by atoms with van der Waals surface area (Å²) >= 11 is 0. The van der Waals surface area contributed by atoms with Crippen LogP contribution in [-0.4, -0.2) is 25.2 Å². The topological polar surface area (TPSA) is 15.3 Å². The predicted octanol–water partition coefficient (Wildman–Crippen LogP) is 3.27. The number of nitrogens with one attached hydrogen (secondary N) is 1. The highest BCUT2D eigenvalue weighted by atomic mass is 15.2. The molecule has 2 heteroatoms. The lowest BCUT2D eigenvalue weighted by molar-refractivity contribution is 0.366. The molecular formula is C16H26N2. The fraction of sp³-hybridized carbons (Fsp3) is 0.625. The molecule has 0 saturated carbocycles. The van der Waals surface area contributed by atoms with Gasteiger partial charge in [0.15, 0.2) is 0 Å². The Hall–Kier alpha value is -1.02. The molecule has 1 aromatic rings. The molecule has 1 unspecified atom stereocenters. The van der Waals surface area contributed by atoms with Gasteiger partial charge in [-0.1, -0.05) is 24.6 Å². The van der Waals surface area contributed by atoms with E-state index in [0.29, 0.717) is 0 Å². The summed E-state index contributed by atoms with van der Waals surface area (Å²) in [7, 11) is 0. The molecule has 1 aromatic carbocycles. The van der Waals surface area contributed by atoms with Crippen LogP contribution in [0.3, 0.4) is 0 Å². The number of rotatable bonds is 2. The third-order valence-corrected chi connectivity index (χ3v) is 4.17. The monoisotopic (exact) mass is 246 g/mol. The number of anilines is 1. The molecule has 1 saturated heterocycles. The van der Waals surface area contributed by atoms with Gasteiger partial charge >= 0.3 is 0 Å². The second-order valence-corrected chi connectivity index (χ2v) is 5.91. The highest BCUT2D eigenvalue weighted by molar-refractivity contribution is 5.54. The Morgan fingerprint density at radius 3 is 2.78 bits per heavy atom. The maximum Gasteiger partial charge on any atom is 0.0396 e. The molecule has 0 amide bonds. The Balaban J connectivity index is 2.25. The molecule has 0 spiro atoms. The Morgan fingerprint density at radius 2 is 2.11 bits per heavy atom. The van der Waals surface area contributed by atoms with Crippen molar-refractivity contribution in [3.05, 3.63) is 29.3 Å². The zero-order chi connectivity index (χ0) is 13.2. The van der Waals surface area contributed by atoms with E-state index in [1.807, 2.05) is 0 Å². The summed E-state index contributed by atoms with van der Waals surface area (Å²) in [5.74, 6) is 0. The fourth-order valence-electron chi connectivity index (χ4n) is 2.82. The van der Waals surface area contributed by atoms with E-state index in [-0.39, 0.29) is 5.54 Å². The second kappa shape index (κ2) is 5.31. The van der Waals surface area contributed by atoms with Crippen LogP contribution < -0.4 is 10.2 Å². The molecule has 0 radical (unpaired) electrons. The molecule has 1 atom stereocenters. The normalized spacial score (nSPS) is 25.0. The molecule has 2 rings (SSSR count). The number of nitrogens with zero attached hydrogens (tertiary/aromatic N) is 1. The number of benzene rings is 1. The summed E-state index contributed by atoms with van der Waals surface area (Å²) in [5.41, 5.74) is 4.40. The van der Waals surface area contributed by atoms with E-state index < -0.39 is 0 Å². The van der Waals surface area contributed by atoms with E-state index in [9.17, 15) is 0 Å². The highest BCUT2D eigenvalue weighted by Crippen LogP contribution is 2.25. The van der Waals surface area contributed by atoms with Crippen LogP contribution in [0.1, 0.15) is 37.8 Å². The Bertz CT molecular complexity index is 414. The number of hydrogen-bond donors (Lipinski definition) is 1. The summed E-state index contributed by atoms with van der Waals surface area (Å²) in [6.45, 7) is 12.4. The van der Waals surface area contributed by atoms with Gasteiger partial charge in [0.2, 0.25) is 0 Å². The maximum absolute atomic E-state index is 3.70. The van der Waals surface area contributed by atoms with Crippen molar-refractivity contribution < 1.29 is 0 Å². The van der Waals surface area contributed by atoms with Gasteiger partial charge in [0, 0.05) is 24.3 Å². The maximum atomic E-state index is 3.70. The molecule has 0 bridgehead atoms. The van der Waals surface area contributed by atoms with Crippen molar-refractivity contribution in [2.24, 2.45) is 0 Å². The molecule has 18 heavy (non-hydrogen) atoms. The van der Waals surface area contributed by atoms with E-state index >= 15 is 0 Å². The van der Waals surface area contributed by atoms with Gasteiger partial charge in [-0.15, -0.1) is 0 Å². The molecule has 2 nitrogen and oxygen atoms in total. The first-order valence-corrected chi connectivity index (χ1v) is 7.11. The minimum atomic E-state index is 0.244. The molecule has 1 fully saturated rings. The van der Waals surface area contributed by atoms with Crippen molar-refractivity contribution in [1.82, 2.24) is 5.32 Å². The first-order valence-electron chi connectivity index (χ1n) is 7.11. The van der Waals surface area contributed by atoms with Gasteiger partial charge in [-0.05, 0) is 51.8 Å². The Kier molecular flexibility index (Phi) is 3.96. The third kappa shape index (κ3) is 2.86. The van der Waals surface area contributed by atoms with Crippen LogP contribution in [0.15, 0.2) is 18.2 Å². The van der Waals surface area contributed by atoms with E-state index in [1.165, 1.54) is 29.7 Å². The third-order valence-electron chi connectivity index (χ3n) is 4.17. The van der Waals surface area contributed by atoms with Crippen LogP contribution in [0.25, 0.3) is 0 Å². The zero-order valence-corrected chi connectivity index (χ0v) is 12.2. The van der Waals surface area contributed by atoms with Gasteiger partial charge in [-0.2, -0.15) is 0 Å². The standard InChI is InChI=1S/C16H26N2/c1-5-16(4)12-18(10-6-9-17-16)15-8-7-13(2)11-14(15)3/h7-8,11,17H,5-6,9-10,12H2,1-4H3. The SMILES string of the molecule is CCC1(C)CN(c2ccc(C)cc2C)CCCN1. The first-order chi connectivity index (χ1) is 8.54. The van der Waals surface area contributed by atoms with E-state index in [0.717, 1.165) is 19.6 Å². The lowest BCUT2D eigenvalue weighted by atomic mass is 9.98. The average molecular weight is 246 g/mol. The largest absolute Gasteiger partial charge is 0.369 e. The summed E-state index contributed by atoms with van der Waals surface area (Å²) in [6, 6.07) is 6.80. The van der Waals surface area contributed by atoms with Crippen molar-refractivity contribution in [3.63, 3.8) is 0 Å². The number of hydrogen-bond acceptors (Lipinski definition) is 2. The van der Waals surface area contributed by atoms with Crippen LogP contribution in [0.4, 0.5) is 5.69 Å². The molecule has 0 aromatic heterocycles. The van der Waals surface area contributed by atoms with Crippen LogP contribution in [0.5, 0.6) is 0 Å². The number of aryl methyl sites for hydroxylation is 2. The predicted molar refractivity (Wildman–Crippen MR) is 79.4 cm³/mol. The van der Waals surface area contributed by atoms with Crippen molar-refractivity contribution in [1.29, 1.82) is 0 Å². The lowest BCUT2D eigenvalue weighted by Gasteiger charge is -2.34. The van der Waals surface area contributed by atoms with Gasteiger partial charge in [-0.25, -0.2) is 0 Å². The van der Waals surface area contributed by atoms with Crippen LogP contribution in [-0.2, 0) is 0 Å². The quantitative estimate of drug-likeness (QED) is 0.861. The summed E-state index contributed by atoms with van der Waals surface area (Å²) in [6.07, 6.45) is 2.40. The molecule has 0 aliphatic carbocycles. The van der Waals surface area contributed by atoms with Gasteiger partial charge in [0.05, 0.1) is 0 Å². The molecule has 1 N–H and O–H groups in total. The molecule has 1 aliphatic rings. The minimum Gasteiger partial charge on any atom is -0.369 e. The van der Waals surface area contributed by atoms with Gasteiger partial charge < -0.3 is 10.2 Å². The average Bonchev–Trinajstić information content (AvgIpc) is 2.52. The molecule has 1 aliphatic heterocycles. The summed E-state index contributed by atoms with van der Waals surface area (Å²) in [4.78, 5) is 2.55. The second-order valence-electron chi connectivity index (χ2n) is 5.91. The van der Waals surface area contributed by atoms with Crippen molar-refractivity contribution in [3.8, 4) is 0 Å². The smallest absolute Gasteiger partial charge is 0.0396 e. The van der Waals surface area contributed by atoms with Crippen LogP contribution >= 0.6 is 0 Å². The van der Waals surface area contributed by atoms with E-state index in [1.54, 1.807) is 0 Å². The van der Waals surface area contributed by atoms with Gasteiger partial charge in [-0.3, -0.25) is 0 Å². The molecule has 1 heterocycles. The van der Waals surface area contributed by atoms with Crippen LogP contribution in [0.2, 0.25) is 0 Å². The van der Waals surface area contributed by atoms with E-state index in [2.05, 4.69) is 56.1 Å². The van der Waals surface area contributed by atoms with Crippen molar-refractivity contribution >= 4 is 5.69 Å². The Labute approximate surface area is 111 Å². The summed E-state index contributed by atoms with van der Waals surface area (Å²) in [5, 5.41) is 3.70. The van der Waals surface area contributed by atoms with Crippen LogP contribution in [0, 0.1) is 13.8 Å². The highest BCUT2D eigenvalue weighted by Gasteiger charge is 2.27. The van der Waals surface area contributed by atoms with Crippen molar-refractivity contribution in [2.75, 3.05) is 24.5 Å². The van der Waals surface area contributed by atoms with E-state index in [4.69, 9.17) is 0 Å². The molecular weight excluding hydrogens is 220 g/mol.